The van der Waals surface area contributed by atoms with Gasteiger partial charge < -0.3 is 15.0 Å². The first-order chi connectivity index (χ1) is 9.06. The molecule has 19 heavy (non-hydrogen) atoms. The van der Waals surface area contributed by atoms with Crippen molar-refractivity contribution in [3.8, 4) is 0 Å². The molecule has 1 saturated carbocycles. The highest BCUT2D eigenvalue weighted by atomic mass is 16.5. The number of carbonyl (C=O) groups is 1. The number of carbonyl (C=O) groups excluding carboxylic acids is 1. The number of anilines is 1. The molecule has 0 spiro atoms. The van der Waals surface area contributed by atoms with Crippen molar-refractivity contribution in [2.45, 2.75) is 45.6 Å². The van der Waals surface area contributed by atoms with Crippen LogP contribution in [0.2, 0.25) is 0 Å². The zero-order valence-electron chi connectivity index (χ0n) is 11.9. The van der Waals surface area contributed by atoms with Gasteiger partial charge in [-0.1, -0.05) is 26.7 Å². The number of nitrogen functional groups attached to an aromatic ring is 1. The molecule has 1 aromatic heterocycles. The van der Waals surface area contributed by atoms with E-state index in [1.54, 1.807) is 6.33 Å². The van der Waals surface area contributed by atoms with E-state index in [0.717, 1.165) is 6.42 Å². The van der Waals surface area contributed by atoms with Gasteiger partial charge >= 0.3 is 5.97 Å². The van der Waals surface area contributed by atoms with E-state index >= 15 is 0 Å². The van der Waals surface area contributed by atoms with Crippen molar-refractivity contribution in [2.24, 2.45) is 11.8 Å². The lowest BCUT2D eigenvalue weighted by atomic mass is 9.77. The molecule has 0 bridgehead atoms. The van der Waals surface area contributed by atoms with Crippen molar-refractivity contribution >= 4 is 11.8 Å². The van der Waals surface area contributed by atoms with Crippen LogP contribution in [0.3, 0.4) is 0 Å². The summed E-state index contributed by atoms with van der Waals surface area (Å²) < 4.78 is 6.67. The first kappa shape index (κ1) is 13.9. The fourth-order valence-corrected chi connectivity index (χ4v) is 3.15. The quantitative estimate of drug-likeness (QED) is 0.853. The minimum atomic E-state index is -0.465. The number of nitrogens with two attached hydrogens (primary N) is 1. The average Bonchev–Trinajstić information content (AvgIpc) is 2.79. The summed E-state index contributed by atoms with van der Waals surface area (Å²) in [6, 6.07) is 0.347. The Labute approximate surface area is 114 Å². The van der Waals surface area contributed by atoms with Gasteiger partial charge in [-0.2, -0.15) is 0 Å². The minimum Gasteiger partial charge on any atom is -0.464 e. The Morgan fingerprint density at radius 3 is 2.79 bits per heavy atom. The fraction of sp³-hybridized carbons (Fsp3) is 0.714. The van der Waals surface area contributed by atoms with Gasteiger partial charge in [0.25, 0.3) is 0 Å². The molecule has 0 aromatic carbocycles. The van der Waals surface area contributed by atoms with E-state index in [4.69, 9.17) is 10.5 Å². The molecule has 1 aromatic rings. The molecule has 0 radical (unpaired) electrons. The zero-order chi connectivity index (χ0) is 14.0. The standard InChI is InChI=1S/C14H23N3O2/c1-9(2)10-6-4-5-7-11(10)17-8-16-12(13(17)15)14(18)19-3/h8-11H,4-7,15H2,1-3H3. The highest BCUT2D eigenvalue weighted by Gasteiger charge is 2.31. The molecule has 0 aliphatic heterocycles. The summed E-state index contributed by atoms with van der Waals surface area (Å²) in [6.45, 7) is 4.49. The molecule has 106 valence electrons. The number of rotatable bonds is 3. The molecule has 5 nitrogen and oxygen atoms in total. The lowest BCUT2D eigenvalue weighted by Crippen LogP contribution is -2.27. The van der Waals surface area contributed by atoms with Crippen LogP contribution in [0.4, 0.5) is 5.82 Å². The number of ether oxygens (including phenoxy) is 1. The highest BCUT2D eigenvalue weighted by molar-refractivity contribution is 5.92. The Bertz CT molecular complexity index is 454. The molecule has 2 rings (SSSR count). The van der Waals surface area contributed by atoms with Crippen molar-refractivity contribution in [1.82, 2.24) is 9.55 Å². The summed E-state index contributed by atoms with van der Waals surface area (Å²) in [6.07, 6.45) is 6.49. The lowest BCUT2D eigenvalue weighted by Gasteiger charge is -2.35. The van der Waals surface area contributed by atoms with Crippen molar-refractivity contribution < 1.29 is 9.53 Å². The monoisotopic (exact) mass is 265 g/mol. The van der Waals surface area contributed by atoms with E-state index in [-0.39, 0.29) is 5.69 Å². The fourth-order valence-electron chi connectivity index (χ4n) is 3.15. The van der Waals surface area contributed by atoms with Crippen molar-refractivity contribution in [1.29, 1.82) is 0 Å². The second-order valence-electron chi connectivity index (χ2n) is 5.64. The van der Waals surface area contributed by atoms with Gasteiger partial charge in [0, 0.05) is 6.04 Å². The summed E-state index contributed by atoms with van der Waals surface area (Å²) in [5, 5.41) is 0. The van der Waals surface area contributed by atoms with Gasteiger partial charge in [-0.25, -0.2) is 9.78 Å². The van der Waals surface area contributed by atoms with E-state index in [0.29, 0.717) is 23.7 Å². The van der Waals surface area contributed by atoms with Crippen molar-refractivity contribution in [3.05, 3.63) is 12.0 Å². The van der Waals surface area contributed by atoms with Gasteiger partial charge in [0.05, 0.1) is 13.4 Å². The molecule has 5 heteroatoms. The van der Waals surface area contributed by atoms with Gasteiger partial charge in [-0.05, 0) is 24.7 Å². The van der Waals surface area contributed by atoms with Crippen LogP contribution in [0.1, 0.15) is 56.1 Å². The Hall–Kier alpha value is -1.52. The smallest absolute Gasteiger partial charge is 0.360 e. The third-order valence-corrected chi connectivity index (χ3v) is 4.21. The first-order valence-corrected chi connectivity index (χ1v) is 6.96. The van der Waals surface area contributed by atoms with E-state index in [9.17, 15) is 4.79 Å². The molecule has 0 amide bonds. The number of hydrogen-bond acceptors (Lipinski definition) is 4. The maximum atomic E-state index is 11.6. The Kier molecular flexibility index (Phi) is 4.12. The molecule has 1 aliphatic rings. The SMILES string of the molecule is COC(=O)c1ncn(C2CCCCC2C(C)C)c1N. The van der Waals surface area contributed by atoms with Crippen molar-refractivity contribution in [3.63, 3.8) is 0 Å². The number of esters is 1. The van der Waals surface area contributed by atoms with Crippen LogP contribution in [0.5, 0.6) is 0 Å². The van der Waals surface area contributed by atoms with Crippen LogP contribution in [0.25, 0.3) is 0 Å². The minimum absolute atomic E-state index is 0.232. The van der Waals surface area contributed by atoms with Crippen LogP contribution in [0, 0.1) is 11.8 Å². The molecule has 2 atom stereocenters. The summed E-state index contributed by atoms with van der Waals surface area (Å²) >= 11 is 0. The summed E-state index contributed by atoms with van der Waals surface area (Å²) in [5.41, 5.74) is 6.30. The van der Waals surface area contributed by atoms with Gasteiger partial charge in [0.2, 0.25) is 0 Å². The van der Waals surface area contributed by atoms with E-state index in [1.807, 2.05) is 4.57 Å². The first-order valence-electron chi connectivity index (χ1n) is 6.96. The van der Waals surface area contributed by atoms with Gasteiger partial charge in [0.1, 0.15) is 5.82 Å². The number of nitrogens with zero attached hydrogens (tertiary/aromatic N) is 2. The molecular formula is C14H23N3O2. The average molecular weight is 265 g/mol. The second-order valence-corrected chi connectivity index (χ2v) is 5.64. The molecule has 2 N–H and O–H groups in total. The third kappa shape index (κ3) is 2.60. The maximum absolute atomic E-state index is 11.6. The van der Waals surface area contributed by atoms with Crippen LogP contribution in [0.15, 0.2) is 6.33 Å². The molecular weight excluding hydrogens is 242 g/mol. The van der Waals surface area contributed by atoms with Gasteiger partial charge in [0.15, 0.2) is 5.69 Å². The summed E-state index contributed by atoms with van der Waals surface area (Å²) in [4.78, 5) is 15.7. The third-order valence-electron chi connectivity index (χ3n) is 4.21. The van der Waals surface area contributed by atoms with Crippen LogP contribution < -0.4 is 5.73 Å². The van der Waals surface area contributed by atoms with Crippen LogP contribution >= 0.6 is 0 Å². The predicted octanol–water partition coefficient (Wildman–Crippen LogP) is 2.64. The normalized spacial score (nSPS) is 23.6. The second kappa shape index (κ2) is 5.63. The Balaban J connectivity index is 2.30. The molecule has 1 aliphatic carbocycles. The van der Waals surface area contributed by atoms with E-state index < -0.39 is 5.97 Å². The number of imidazole rings is 1. The van der Waals surface area contributed by atoms with Crippen molar-refractivity contribution in [2.75, 3.05) is 12.8 Å². The largest absolute Gasteiger partial charge is 0.464 e. The summed E-state index contributed by atoms with van der Waals surface area (Å²) in [5.74, 6) is 1.17. The highest BCUT2D eigenvalue weighted by Crippen LogP contribution is 2.39. The number of hydrogen-bond donors (Lipinski definition) is 1. The van der Waals surface area contributed by atoms with Gasteiger partial charge in [-0.3, -0.25) is 0 Å². The van der Waals surface area contributed by atoms with E-state index in [2.05, 4.69) is 18.8 Å². The molecule has 0 saturated heterocycles. The lowest BCUT2D eigenvalue weighted by molar-refractivity contribution is 0.0595. The predicted molar refractivity (Wildman–Crippen MR) is 73.8 cm³/mol. The molecule has 1 heterocycles. The molecule has 1 fully saturated rings. The Morgan fingerprint density at radius 1 is 1.47 bits per heavy atom. The number of methoxy groups -OCH3 is 1. The Morgan fingerprint density at radius 2 is 2.16 bits per heavy atom. The van der Waals surface area contributed by atoms with Crippen LogP contribution in [-0.2, 0) is 4.74 Å². The van der Waals surface area contributed by atoms with Crippen LogP contribution in [-0.4, -0.2) is 22.6 Å². The topological polar surface area (TPSA) is 70.1 Å². The van der Waals surface area contributed by atoms with Gasteiger partial charge in [-0.15, -0.1) is 0 Å². The van der Waals surface area contributed by atoms with E-state index in [1.165, 1.54) is 26.4 Å². The molecule has 2 unspecified atom stereocenters. The zero-order valence-corrected chi connectivity index (χ0v) is 11.9. The maximum Gasteiger partial charge on any atom is 0.360 e. The summed E-state index contributed by atoms with van der Waals surface area (Å²) in [7, 11) is 1.35. The number of aromatic nitrogens is 2.